The van der Waals surface area contributed by atoms with E-state index in [0.717, 1.165) is 6.54 Å². The van der Waals surface area contributed by atoms with Crippen LogP contribution in [0.15, 0.2) is 18.2 Å². The zero-order valence-electron chi connectivity index (χ0n) is 15.3. The van der Waals surface area contributed by atoms with Crippen LogP contribution in [-0.2, 0) is 14.4 Å². The van der Waals surface area contributed by atoms with Crippen molar-refractivity contribution >= 4 is 23.4 Å². The van der Waals surface area contributed by atoms with Crippen LogP contribution < -0.4 is 15.5 Å². The number of ether oxygens (including phenoxy) is 1. The number of amides is 2. The maximum absolute atomic E-state index is 14.3. The smallest absolute Gasteiger partial charge is 0.414 e. The minimum absolute atomic E-state index is 0.199. The second-order valence-electron chi connectivity index (χ2n) is 5.92. The molecule has 144 valence electrons. The van der Waals surface area contributed by atoms with Gasteiger partial charge in [-0.3, -0.25) is 14.5 Å². The van der Waals surface area contributed by atoms with E-state index < -0.39 is 18.0 Å². The van der Waals surface area contributed by atoms with Crippen molar-refractivity contribution in [2.24, 2.45) is 0 Å². The van der Waals surface area contributed by atoms with Gasteiger partial charge in [0.05, 0.1) is 31.1 Å². The standard InChI is InChI=1S/C17H25FN4O4/c1-4-21(3)25-8-7-19-16-6-5-13(9-15(16)18)22-11-14(26-17(22)24)10-20-12(2)23/h5-6,9,14,19H,4,7-8,10-11H2,1-3H3,(H,20,23)/t14-/m0/s1. The highest BCUT2D eigenvalue weighted by molar-refractivity contribution is 5.90. The van der Waals surface area contributed by atoms with Gasteiger partial charge in [0.25, 0.3) is 0 Å². The van der Waals surface area contributed by atoms with Gasteiger partial charge in [0, 0.05) is 27.1 Å². The van der Waals surface area contributed by atoms with Crippen LogP contribution >= 0.6 is 0 Å². The maximum atomic E-state index is 14.3. The van der Waals surface area contributed by atoms with Gasteiger partial charge in [0.1, 0.15) is 11.9 Å². The highest BCUT2D eigenvalue weighted by Gasteiger charge is 2.32. The van der Waals surface area contributed by atoms with Crippen molar-refractivity contribution in [1.29, 1.82) is 0 Å². The fourth-order valence-electron chi connectivity index (χ4n) is 2.39. The molecule has 0 radical (unpaired) electrons. The van der Waals surface area contributed by atoms with E-state index in [1.165, 1.54) is 17.9 Å². The molecule has 1 aliphatic heterocycles. The Morgan fingerprint density at radius 3 is 2.92 bits per heavy atom. The normalized spacial score (nSPS) is 16.7. The van der Waals surface area contributed by atoms with Gasteiger partial charge >= 0.3 is 6.09 Å². The number of nitrogens with zero attached hydrogens (tertiary/aromatic N) is 2. The lowest BCUT2D eigenvalue weighted by Gasteiger charge is -2.16. The number of hydrogen-bond donors (Lipinski definition) is 2. The molecule has 1 aromatic carbocycles. The Bertz CT molecular complexity index is 643. The predicted octanol–water partition coefficient (Wildman–Crippen LogP) is 1.58. The molecule has 1 saturated heterocycles. The molecule has 1 heterocycles. The quantitative estimate of drug-likeness (QED) is 0.509. The molecule has 8 nitrogen and oxygen atoms in total. The number of benzene rings is 1. The zero-order valence-corrected chi connectivity index (χ0v) is 15.3. The Balaban J connectivity index is 1.90. The number of carbonyl (C=O) groups is 2. The molecule has 2 rings (SSSR count). The van der Waals surface area contributed by atoms with Crippen LogP contribution in [0.3, 0.4) is 0 Å². The zero-order chi connectivity index (χ0) is 19.1. The molecular weight excluding hydrogens is 343 g/mol. The van der Waals surface area contributed by atoms with Crippen molar-refractivity contribution in [3.8, 4) is 0 Å². The van der Waals surface area contributed by atoms with Crippen LogP contribution in [0.2, 0.25) is 0 Å². The van der Waals surface area contributed by atoms with Gasteiger partial charge < -0.3 is 15.4 Å². The molecule has 1 atom stereocenters. The average molecular weight is 368 g/mol. The third kappa shape index (κ3) is 5.57. The second-order valence-corrected chi connectivity index (χ2v) is 5.92. The summed E-state index contributed by atoms with van der Waals surface area (Å²) in [7, 11) is 1.82. The van der Waals surface area contributed by atoms with Crippen LogP contribution in [0.1, 0.15) is 13.8 Å². The maximum Gasteiger partial charge on any atom is 0.414 e. The van der Waals surface area contributed by atoms with E-state index in [4.69, 9.17) is 9.57 Å². The van der Waals surface area contributed by atoms with Gasteiger partial charge in [-0.05, 0) is 18.2 Å². The van der Waals surface area contributed by atoms with E-state index in [1.54, 1.807) is 17.2 Å². The SMILES string of the molecule is CCN(C)OCCNc1ccc(N2C[C@H](CNC(C)=O)OC2=O)cc1F. The van der Waals surface area contributed by atoms with Gasteiger partial charge in [0.2, 0.25) is 5.91 Å². The van der Waals surface area contributed by atoms with E-state index in [0.29, 0.717) is 24.5 Å². The average Bonchev–Trinajstić information content (AvgIpc) is 2.98. The first-order valence-corrected chi connectivity index (χ1v) is 8.50. The molecule has 2 N–H and O–H groups in total. The summed E-state index contributed by atoms with van der Waals surface area (Å²) in [4.78, 5) is 29.6. The minimum atomic E-state index is -0.559. The lowest BCUT2D eigenvalue weighted by atomic mass is 10.2. The fourth-order valence-corrected chi connectivity index (χ4v) is 2.39. The van der Waals surface area contributed by atoms with Crippen molar-refractivity contribution in [1.82, 2.24) is 10.4 Å². The summed E-state index contributed by atoms with van der Waals surface area (Å²) >= 11 is 0. The number of rotatable bonds is 9. The Kier molecular flexibility index (Phi) is 7.16. The van der Waals surface area contributed by atoms with E-state index in [1.807, 2.05) is 14.0 Å². The number of anilines is 2. The summed E-state index contributed by atoms with van der Waals surface area (Å²) in [5.41, 5.74) is 0.740. The van der Waals surface area contributed by atoms with Crippen LogP contribution in [0.5, 0.6) is 0 Å². The van der Waals surface area contributed by atoms with Crippen molar-refractivity contribution in [2.75, 3.05) is 50.1 Å². The second kappa shape index (κ2) is 9.35. The molecule has 1 aromatic rings. The Hall–Kier alpha value is -2.39. The topological polar surface area (TPSA) is 83.1 Å². The largest absolute Gasteiger partial charge is 0.442 e. The molecule has 1 fully saturated rings. The summed E-state index contributed by atoms with van der Waals surface area (Å²) < 4.78 is 19.5. The first-order chi connectivity index (χ1) is 12.4. The van der Waals surface area contributed by atoms with Crippen LogP contribution in [0, 0.1) is 5.82 Å². The number of nitrogens with one attached hydrogen (secondary N) is 2. The summed E-state index contributed by atoms with van der Waals surface area (Å²) in [5, 5.41) is 7.25. The molecule has 26 heavy (non-hydrogen) atoms. The molecule has 0 saturated carbocycles. The lowest BCUT2D eigenvalue weighted by Crippen LogP contribution is -2.33. The Labute approximate surface area is 152 Å². The summed E-state index contributed by atoms with van der Waals surface area (Å²) in [6, 6.07) is 4.50. The number of halogens is 1. The number of hydrogen-bond acceptors (Lipinski definition) is 6. The molecule has 0 aromatic heterocycles. The molecular formula is C17H25FN4O4. The molecule has 0 aliphatic carbocycles. The number of hydroxylamine groups is 2. The van der Waals surface area contributed by atoms with Crippen LogP contribution in [0.4, 0.5) is 20.6 Å². The molecule has 0 bridgehead atoms. The highest BCUT2D eigenvalue weighted by atomic mass is 19.1. The monoisotopic (exact) mass is 368 g/mol. The van der Waals surface area contributed by atoms with Gasteiger partial charge in [0.15, 0.2) is 0 Å². The van der Waals surface area contributed by atoms with E-state index >= 15 is 0 Å². The van der Waals surface area contributed by atoms with Gasteiger partial charge in [-0.1, -0.05) is 6.92 Å². The number of cyclic esters (lactones) is 1. The van der Waals surface area contributed by atoms with Crippen LogP contribution in [-0.4, -0.2) is 63.0 Å². The van der Waals surface area contributed by atoms with E-state index in [-0.39, 0.29) is 19.0 Å². The van der Waals surface area contributed by atoms with E-state index in [2.05, 4.69) is 10.6 Å². The molecule has 0 unspecified atom stereocenters. The van der Waals surface area contributed by atoms with E-state index in [9.17, 15) is 14.0 Å². The van der Waals surface area contributed by atoms with Crippen molar-refractivity contribution in [3.05, 3.63) is 24.0 Å². The first-order valence-electron chi connectivity index (χ1n) is 8.50. The molecule has 2 amide bonds. The summed E-state index contributed by atoms with van der Waals surface area (Å²) in [5.74, 6) is -0.667. The highest BCUT2D eigenvalue weighted by Crippen LogP contribution is 2.25. The van der Waals surface area contributed by atoms with Gasteiger partial charge in [-0.15, -0.1) is 0 Å². The minimum Gasteiger partial charge on any atom is -0.442 e. The molecule has 0 spiro atoms. The lowest BCUT2D eigenvalue weighted by molar-refractivity contribution is -0.131. The fraction of sp³-hybridized carbons (Fsp3) is 0.529. The van der Waals surface area contributed by atoms with Crippen molar-refractivity contribution in [2.45, 2.75) is 20.0 Å². The third-order valence-electron chi connectivity index (χ3n) is 3.89. The number of carbonyl (C=O) groups excluding carboxylic acids is 2. The third-order valence-corrected chi connectivity index (χ3v) is 3.89. The van der Waals surface area contributed by atoms with Crippen LogP contribution in [0.25, 0.3) is 0 Å². The summed E-state index contributed by atoms with van der Waals surface area (Å²) in [6.07, 6.45) is -1.02. The molecule has 1 aliphatic rings. The van der Waals surface area contributed by atoms with Crippen molar-refractivity contribution in [3.63, 3.8) is 0 Å². The summed E-state index contributed by atoms with van der Waals surface area (Å²) in [6.45, 7) is 5.46. The van der Waals surface area contributed by atoms with Gasteiger partial charge in [-0.25, -0.2) is 9.18 Å². The van der Waals surface area contributed by atoms with Crippen molar-refractivity contribution < 1.29 is 23.6 Å². The Morgan fingerprint density at radius 2 is 2.27 bits per heavy atom. The first kappa shape index (κ1) is 19.9. The molecule has 9 heteroatoms. The predicted molar refractivity (Wildman–Crippen MR) is 95.4 cm³/mol. The van der Waals surface area contributed by atoms with Gasteiger partial charge in [-0.2, -0.15) is 5.06 Å². The Morgan fingerprint density at radius 1 is 1.50 bits per heavy atom.